The molecule has 2 nitrogen and oxygen atoms in total. The van der Waals surface area contributed by atoms with Gasteiger partial charge in [0.15, 0.2) is 11.5 Å². The summed E-state index contributed by atoms with van der Waals surface area (Å²) < 4.78 is 13.4. The summed E-state index contributed by atoms with van der Waals surface area (Å²) in [6, 6.07) is 12.3. The van der Waals surface area contributed by atoms with Crippen LogP contribution in [0.15, 0.2) is 40.9 Å². The largest absolute Gasteiger partial charge is 0.493 e. The monoisotopic (exact) mass is 510 g/mol. The number of alkyl halides is 1. The molecule has 0 heterocycles. The molecule has 0 saturated carbocycles. The van der Waals surface area contributed by atoms with Crippen molar-refractivity contribution in [2.24, 2.45) is 0 Å². The van der Waals surface area contributed by atoms with Crippen molar-refractivity contribution in [3.05, 3.63) is 55.6 Å². The Morgan fingerprint density at radius 3 is 2.40 bits per heavy atom. The molecule has 0 bridgehead atoms. The molecular weight excluding hydrogens is 499 g/mol. The van der Waals surface area contributed by atoms with E-state index < -0.39 is 0 Å². The van der Waals surface area contributed by atoms with Crippen LogP contribution in [0.5, 0.6) is 11.5 Å². The average molecular weight is 512 g/mol. The van der Waals surface area contributed by atoms with Gasteiger partial charge in [-0.3, -0.25) is 0 Å². The van der Waals surface area contributed by atoms with Crippen molar-refractivity contribution >= 4 is 54.5 Å². The number of benzene rings is 2. The number of methoxy groups -OCH3 is 1. The molecule has 0 amide bonds. The summed E-state index contributed by atoms with van der Waals surface area (Å²) >= 11 is 9.27. The fourth-order valence-corrected chi connectivity index (χ4v) is 3.01. The van der Waals surface area contributed by atoms with E-state index in [0.717, 1.165) is 32.4 Å². The fraction of sp³-hybridized carbons (Fsp3) is 0.200. The highest BCUT2D eigenvalue weighted by Crippen LogP contribution is 2.37. The molecule has 20 heavy (non-hydrogen) atoms. The third-order valence-electron chi connectivity index (χ3n) is 2.74. The molecular formula is C15H13Br2IO2. The Kier molecular flexibility index (Phi) is 6.17. The van der Waals surface area contributed by atoms with E-state index in [0.29, 0.717) is 6.61 Å². The highest BCUT2D eigenvalue weighted by atomic mass is 127. The molecule has 2 rings (SSSR count). The molecule has 0 aliphatic heterocycles. The maximum atomic E-state index is 5.89. The lowest BCUT2D eigenvalue weighted by molar-refractivity contribution is 0.282. The van der Waals surface area contributed by atoms with Gasteiger partial charge in [0.1, 0.15) is 6.61 Å². The van der Waals surface area contributed by atoms with Gasteiger partial charge >= 0.3 is 0 Å². The second-order valence-electron chi connectivity index (χ2n) is 4.16. The summed E-state index contributed by atoms with van der Waals surface area (Å²) in [5.41, 5.74) is 2.26. The predicted octanol–water partition coefficient (Wildman–Crippen LogP) is 5.54. The summed E-state index contributed by atoms with van der Waals surface area (Å²) in [5.74, 6) is 1.47. The second-order valence-corrected chi connectivity index (χ2v) is 6.82. The maximum absolute atomic E-state index is 5.89. The molecule has 5 heteroatoms. The van der Waals surface area contributed by atoms with Crippen molar-refractivity contribution < 1.29 is 9.47 Å². The number of rotatable bonds is 5. The first-order valence-electron chi connectivity index (χ1n) is 5.93. The van der Waals surface area contributed by atoms with Crippen LogP contribution in [-0.4, -0.2) is 7.11 Å². The van der Waals surface area contributed by atoms with Crippen molar-refractivity contribution in [3.8, 4) is 11.5 Å². The normalized spacial score (nSPS) is 10.4. The molecule has 0 saturated heterocycles. The standard InChI is InChI=1S/C15H13Br2IO2/c1-19-14-7-11(8-16)6-13(17)15(14)20-9-10-2-4-12(18)5-3-10/h2-7H,8-9H2,1H3. The minimum absolute atomic E-state index is 0.513. The van der Waals surface area contributed by atoms with Crippen molar-refractivity contribution in [2.75, 3.05) is 7.11 Å². The van der Waals surface area contributed by atoms with Gasteiger partial charge in [0.05, 0.1) is 11.6 Å². The van der Waals surface area contributed by atoms with Crippen molar-refractivity contribution in [1.82, 2.24) is 0 Å². The summed E-state index contributed by atoms with van der Waals surface area (Å²) in [6.45, 7) is 0.513. The molecule has 106 valence electrons. The van der Waals surface area contributed by atoms with Crippen LogP contribution in [0.4, 0.5) is 0 Å². The first-order valence-corrected chi connectivity index (χ1v) is 8.93. The first kappa shape index (κ1) is 16.1. The molecule has 2 aromatic carbocycles. The summed E-state index contributed by atoms with van der Waals surface area (Å²) in [4.78, 5) is 0. The Balaban J connectivity index is 2.18. The molecule has 0 aromatic heterocycles. The lowest BCUT2D eigenvalue weighted by atomic mass is 10.2. The van der Waals surface area contributed by atoms with Crippen LogP contribution < -0.4 is 9.47 Å². The van der Waals surface area contributed by atoms with E-state index in [1.807, 2.05) is 12.1 Å². The SMILES string of the molecule is COc1cc(CBr)cc(Br)c1OCc1ccc(I)cc1. The highest BCUT2D eigenvalue weighted by molar-refractivity contribution is 14.1. The highest BCUT2D eigenvalue weighted by Gasteiger charge is 2.11. The molecule has 0 radical (unpaired) electrons. The van der Waals surface area contributed by atoms with E-state index in [1.54, 1.807) is 7.11 Å². The second kappa shape index (κ2) is 7.66. The summed E-state index contributed by atoms with van der Waals surface area (Å²) in [5, 5.41) is 0.777. The molecule has 0 aliphatic carbocycles. The lowest BCUT2D eigenvalue weighted by Gasteiger charge is -2.14. The quantitative estimate of drug-likeness (QED) is 0.388. The van der Waals surface area contributed by atoms with Gasteiger partial charge in [-0.15, -0.1) is 0 Å². The van der Waals surface area contributed by atoms with E-state index in [4.69, 9.17) is 9.47 Å². The van der Waals surface area contributed by atoms with Gasteiger partial charge < -0.3 is 9.47 Å². The third kappa shape index (κ3) is 4.11. The summed E-state index contributed by atoms with van der Waals surface area (Å²) in [7, 11) is 1.65. The average Bonchev–Trinajstić information content (AvgIpc) is 2.47. The Bertz CT molecular complexity index is 585. The van der Waals surface area contributed by atoms with Crippen LogP contribution in [0, 0.1) is 3.57 Å². The molecule has 0 aliphatic rings. The van der Waals surface area contributed by atoms with Gasteiger partial charge in [0, 0.05) is 8.90 Å². The van der Waals surface area contributed by atoms with Gasteiger partial charge in [0.2, 0.25) is 0 Å². The van der Waals surface area contributed by atoms with Gasteiger partial charge in [-0.2, -0.15) is 0 Å². The van der Waals surface area contributed by atoms with E-state index in [1.165, 1.54) is 3.57 Å². The number of hydrogen-bond acceptors (Lipinski definition) is 2. The first-order chi connectivity index (χ1) is 9.63. The van der Waals surface area contributed by atoms with Crippen molar-refractivity contribution in [1.29, 1.82) is 0 Å². The zero-order valence-electron chi connectivity index (χ0n) is 10.8. The Morgan fingerprint density at radius 1 is 1.10 bits per heavy atom. The Morgan fingerprint density at radius 2 is 1.80 bits per heavy atom. The fourth-order valence-electron chi connectivity index (χ4n) is 1.73. The van der Waals surface area contributed by atoms with Crippen LogP contribution >= 0.6 is 54.5 Å². The van der Waals surface area contributed by atoms with Gasteiger partial charge in [-0.25, -0.2) is 0 Å². The van der Waals surface area contributed by atoms with Crippen LogP contribution in [0.1, 0.15) is 11.1 Å². The van der Waals surface area contributed by atoms with Gasteiger partial charge in [-0.1, -0.05) is 28.1 Å². The van der Waals surface area contributed by atoms with E-state index in [-0.39, 0.29) is 0 Å². The van der Waals surface area contributed by atoms with Gasteiger partial charge in [0.25, 0.3) is 0 Å². The van der Waals surface area contributed by atoms with Gasteiger partial charge in [-0.05, 0) is 73.9 Å². The minimum atomic E-state index is 0.513. The van der Waals surface area contributed by atoms with Crippen LogP contribution in [0.3, 0.4) is 0 Å². The molecule has 0 N–H and O–H groups in total. The molecule has 2 aromatic rings. The summed E-state index contributed by atoms with van der Waals surface area (Å²) in [6.07, 6.45) is 0. The van der Waals surface area contributed by atoms with E-state index >= 15 is 0 Å². The topological polar surface area (TPSA) is 18.5 Å². The lowest BCUT2D eigenvalue weighted by Crippen LogP contribution is -1.99. The molecule has 0 spiro atoms. The predicted molar refractivity (Wildman–Crippen MR) is 96.8 cm³/mol. The van der Waals surface area contributed by atoms with E-state index in [2.05, 4.69) is 78.7 Å². The number of halogens is 3. The van der Waals surface area contributed by atoms with Crippen molar-refractivity contribution in [3.63, 3.8) is 0 Å². The number of hydrogen-bond donors (Lipinski definition) is 0. The molecule has 0 unspecified atom stereocenters. The smallest absolute Gasteiger partial charge is 0.175 e. The van der Waals surface area contributed by atoms with E-state index in [9.17, 15) is 0 Å². The Labute approximate surface area is 149 Å². The third-order valence-corrected chi connectivity index (χ3v) is 4.70. The zero-order chi connectivity index (χ0) is 14.5. The number of ether oxygens (including phenoxy) is 2. The Hall–Kier alpha value is -0.270. The molecule has 0 fully saturated rings. The van der Waals surface area contributed by atoms with Crippen LogP contribution in [-0.2, 0) is 11.9 Å². The maximum Gasteiger partial charge on any atom is 0.175 e. The minimum Gasteiger partial charge on any atom is -0.493 e. The molecule has 0 atom stereocenters. The zero-order valence-corrected chi connectivity index (χ0v) is 16.2. The van der Waals surface area contributed by atoms with Crippen LogP contribution in [0.25, 0.3) is 0 Å². The van der Waals surface area contributed by atoms with Crippen molar-refractivity contribution in [2.45, 2.75) is 11.9 Å². The van der Waals surface area contributed by atoms with Crippen LogP contribution in [0.2, 0.25) is 0 Å².